The van der Waals surface area contributed by atoms with E-state index in [1.807, 2.05) is 4.72 Å². The van der Waals surface area contributed by atoms with Crippen LogP contribution in [0.1, 0.15) is 22.8 Å². The Hall–Kier alpha value is -2.27. The number of hydrogen-bond donors (Lipinski definition) is 2. The quantitative estimate of drug-likeness (QED) is 0.755. The molecule has 0 fully saturated rings. The highest BCUT2D eigenvalue weighted by Crippen LogP contribution is 2.36. The van der Waals surface area contributed by atoms with E-state index >= 15 is 0 Å². The first-order valence-corrected chi connectivity index (χ1v) is 8.52. The number of benzene rings is 1. The summed E-state index contributed by atoms with van der Waals surface area (Å²) < 4.78 is 69.8. The van der Waals surface area contributed by atoms with Crippen LogP contribution in [0.5, 0.6) is 0 Å². The second-order valence-corrected chi connectivity index (χ2v) is 6.66. The fourth-order valence-corrected chi connectivity index (χ4v) is 3.21. The number of carbonyl (C=O) groups is 1. The van der Waals surface area contributed by atoms with Crippen LogP contribution in [-0.2, 0) is 20.9 Å². The second kappa shape index (κ2) is 6.92. The molecule has 1 heterocycles. The van der Waals surface area contributed by atoms with Crippen molar-refractivity contribution in [2.45, 2.75) is 18.1 Å². The third-order valence-corrected chi connectivity index (χ3v) is 4.58. The number of nitrogens with zero attached hydrogens (tertiary/aromatic N) is 1. The summed E-state index contributed by atoms with van der Waals surface area (Å²) in [6.45, 7) is 1.53. The summed E-state index contributed by atoms with van der Waals surface area (Å²) in [5.41, 5.74) is -1.97. The third-order valence-electron chi connectivity index (χ3n) is 2.89. The minimum absolute atomic E-state index is 0.00303. The summed E-state index contributed by atoms with van der Waals surface area (Å²) in [6.07, 6.45) is -3.82. The van der Waals surface area contributed by atoms with Crippen LogP contribution in [0.4, 0.5) is 18.9 Å². The van der Waals surface area contributed by atoms with Crippen molar-refractivity contribution in [3.8, 4) is 0 Å². The topological polar surface area (TPSA) is 101 Å². The Morgan fingerprint density at radius 2 is 2.08 bits per heavy atom. The van der Waals surface area contributed by atoms with Gasteiger partial charge in [0.15, 0.2) is 5.03 Å². The number of aromatic amines is 1. The Balaban J connectivity index is 2.38. The lowest BCUT2D eigenvalue weighted by molar-refractivity contribution is -0.137. The van der Waals surface area contributed by atoms with Gasteiger partial charge in [-0.1, -0.05) is 11.6 Å². The van der Waals surface area contributed by atoms with Gasteiger partial charge in [-0.3, -0.25) is 9.82 Å². The molecule has 0 bridgehead atoms. The van der Waals surface area contributed by atoms with Crippen LogP contribution in [0.25, 0.3) is 0 Å². The molecule has 12 heteroatoms. The van der Waals surface area contributed by atoms with Crippen LogP contribution >= 0.6 is 11.6 Å². The zero-order chi connectivity index (χ0) is 18.8. The number of H-pyrrole nitrogens is 1. The van der Waals surface area contributed by atoms with E-state index in [1.165, 1.54) is 6.92 Å². The predicted molar refractivity (Wildman–Crippen MR) is 81.8 cm³/mol. The number of esters is 1. The fourth-order valence-electron chi connectivity index (χ4n) is 1.85. The molecule has 0 aliphatic heterocycles. The number of nitrogens with one attached hydrogen (secondary N) is 2. The second-order valence-electron chi connectivity index (χ2n) is 4.63. The Kier molecular flexibility index (Phi) is 5.28. The van der Waals surface area contributed by atoms with Crippen LogP contribution in [-0.4, -0.2) is 31.2 Å². The van der Waals surface area contributed by atoms with Crippen molar-refractivity contribution in [2.24, 2.45) is 0 Å². The van der Waals surface area contributed by atoms with Gasteiger partial charge in [0.1, 0.15) is 5.56 Å². The Morgan fingerprint density at radius 3 is 2.68 bits per heavy atom. The van der Waals surface area contributed by atoms with Crippen molar-refractivity contribution in [3.05, 3.63) is 40.5 Å². The number of rotatable bonds is 5. The number of ether oxygens (including phenoxy) is 1. The maximum atomic E-state index is 12.9. The zero-order valence-electron chi connectivity index (χ0n) is 12.5. The van der Waals surface area contributed by atoms with Crippen molar-refractivity contribution < 1.29 is 31.1 Å². The highest BCUT2D eigenvalue weighted by molar-refractivity contribution is 7.92. The maximum absolute atomic E-state index is 12.9. The average Bonchev–Trinajstić information content (AvgIpc) is 2.98. The molecule has 7 nitrogen and oxygen atoms in total. The first-order chi connectivity index (χ1) is 11.6. The molecule has 0 amide bonds. The van der Waals surface area contributed by atoms with Gasteiger partial charge in [-0.2, -0.15) is 26.7 Å². The number of halogens is 4. The van der Waals surface area contributed by atoms with Crippen molar-refractivity contribution in [3.63, 3.8) is 0 Å². The van der Waals surface area contributed by atoms with Crippen LogP contribution < -0.4 is 4.72 Å². The lowest BCUT2D eigenvalue weighted by atomic mass is 10.2. The van der Waals surface area contributed by atoms with Crippen molar-refractivity contribution >= 4 is 33.3 Å². The molecule has 2 N–H and O–H groups in total. The molecule has 0 aliphatic carbocycles. The molecule has 2 aromatic rings. The van der Waals surface area contributed by atoms with Crippen LogP contribution in [0.15, 0.2) is 29.4 Å². The first kappa shape index (κ1) is 19.1. The van der Waals surface area contributed by atoms with Crippen LogP contribution in [0, 0.1) is 0 Å². The van der Waals surface area contributed by atoms with E-state index < -0.39 is 37.8 Å². The number of anilines is 1. The molecular weight excluding hydrogens is 387 g/mol. The minimum Gasteiger partial charge on any atom is -0.462 e. The van der Waals surface area contributed by atoms with E-state index in [4.69, 9.17) is 16.3 Å². The number of carbonyl (C=O) groups excluding carboxylic acids is 1. The van der Waals surface area contributed by atoms with Crippen molar-refractivity contribution in [1.82, 2.24) is 10.2 Å². The van der Waals surface area contributed by atoms with Gasteiger partial charge in [-0.15, -0.1) is 0 Å². The summed E-state index contributed by atoms with van der Waals surface area (Å²) in [5.74, 6) is -0.941. The molecule has 1 aromatic carbocycles. The number of hydrogen-bond acceptors (Lipinski definition) is 5. The standard InChI is InChI=1S/C13H11ClF3N3O4S/c1-2-24-12(21)8-6-18-19-11(8)25(22,23)20-7-3-4-10(14)9(5-7)13(15,16)17/h3-6,20H,2H2,1H3,(H,18,19). The smallest absolute Gasteiger partial charge is 0.417 e. The van der Waals surface area contributed by atoms with Crippen LogP contribution in [0.3, 0.4) is 0 Å². The summed E-state index contributed by atoms with van der Waals surface area (Å²) in [4.78, 5) is 11.7. The highest BCUT2D eigenvalue weighted by Gasteiger charge is 2.34. The Bertz CT molecular complexity index is 896. The molecule has 2 rings (SSSR count). The minimum atomic E-state index is -4.76. The predicted octanol–water partition coefficient (Wildman–Crippen LogP) is 3.06. The average molecular weight is 398 g/mol. The number of sulfonamides is 1. The fraction of sp³-hybridized carbons (Fsp3) is 0.231. The van der Waals surface area contributed by atoms with E-state index in [9.17, 15) is 26.4 Å². The van der Waals surface area contributed by atoms with Gasteiger partial charge in [0.05, 0.1) is 23.4 Å². The molecule has 136 valence electrons. The van der Waals surface area contributed by atoms with E-state index in [1.54, 1.807) is 0 Å². The van der Waals surface area contributed by atoms with E-state index in [0.29, 0.717) is 6.07 Å². The zero-order valence-corrected chi connectivity index (χ0v) is 14.1. The van der Waals surface area contributed by atoms with Gasteiger partial charge >= 0.3 is 12.1 Å². The lowest BCUT2D eigenvalue weighted by Gasteiger charge is -2.12. The maximum Gasteiger partial charge on any atom is 0.417 e. The van der Waals surface area contributed by atoms with Gasteiger partial charge in [-0.05, 0) is 25.1 Å². The molecular formula is C13H11ClF3N3O4S. The molecule has 25 heavy (non-hydrogen) atoms. The SMILES string of the molecule is CCOC(=O)c1cn[nH]c1S(=O)(=O)Nc1ccc(Cl)c(C(F)(F)F)c1. The molecule has 0 unspecified atom stereocenters. The van der Waals surface area contributed by atoms with Gasteiger partial charge in [0.2, 0.25) is 0 Å². The van der Waals surface area contributed by atoms with Gasteiger partial charge in [-0.25, -0.2) is 4.79 Å². The number of aromatic nitrogens is 2. The molecule has 0 atom stereocenters. The Labute approximate surface area is 145 Å². The lowest BCUT2D eigenvalue weighted by Crippen LogP contribution is -2.18. The molecule has 1 aromatic heterocycles. The molecule has 0 aliphatic rings. The first-order valence-electron chi connectivity index (χ1n) is 6.66. The molecule has 0 saturated carbocycles. The Morgan fingerprint density at radius 1 is 1.40 bits per heavy atom. The van der Waals surface area contributed by atoms with E-state index in [0.717, 1.165) is 18.3 Å². The van der Waals surface area contributed by atoms with Gasteiger partial charge in [0, 0.05) is 5.69 Å². The van der Waals surface area contributed by atoms with Gasteiger partial charge < -0.3 is 4.74 Å². The van der Waals surface area contributed by atoms with Gasteiger partial charge in [0.25, 0.3) is 10.0 Å². The van der Waals surface area contributed by atoms with E-state index in [-0.39, 0.29) is 17.9 Å². The largest absolute Gasteiger partial charge is 0.462 e. The molecule has 0 radical (unpaired) electrons. The van der Waals surface area contributed by atoms with E-state index in [2.05, 4.69) is 10.2 Å². The van der Waals surface area contributed by atoms with Crippen LogP contribution in [0.2, 0.25) is 5.02 Å². The molecule has 0 saturated heterocycles. The molecule has 0 spiro atoms. The highest BCUT2D eigenvalue weighted by atomic mass is 35.5. The monoisotopic (exact) mass is 397 g/mol. The van der Waals surface area contributed by atoms with Crippen molar-refractivity contribution in [2.75, 3.05) is 11.3 Å². The summed E-state index contributed by atoms with van der Waals surface area (Å²) in [7, 11) is -4.42. The normalized spacial score (nSPS) is 12.0. The summed E-state index contributed by atoms with van der Waals surface area (Å²) in [5, 5.41) is 4.36. The summed E-state index contributed by atoms with van der Waals surface area (Å²) >= 11 is 5.48. The number of alkyl halides is 3. The summed E-state index contributed by atoms with van der Waals surface area (Å²) in [6, 6.07) is 2.50. The van der Waals surface area contributed by atoms with Crippen molar-refractivity contribution in [1.29, 1.82) is 0 Å². The third kappa shape index (κ3) is 4.23.